The van der Waals surface area contributed by atoms with Crippen LogP contribution in [-0.2, 0) is 6.42 Å². The lowest BCUT2D eigenvalue weighted by Crippen LogP contribution is -2.50. The minimum atomic E-state index is 0.632. The van der Waals surface area contributed by atoms with Gasteiger partial charge in [0.15, 0.2) is 0 Å². The molecule has 1 fully saturated rings. The van der Waals surface area contributed by atoms with Crippen LogP contribution in [0, 0.1) is 0 Å². The normalized spacial score (nSPS) is 21.4. The van der Waals surface area contributed by atoms with Crippen LogP contribution >= 0.6 is 0 Å². The summed E-state index contributed by atoms with van der Waals surface area (Å²) in [4.78, 5) is 2.59. The molecule has 1 heterocycles. The quantitative estimate of drug-likeness (QED) is 0.878. The third-order valence-corrected chi connectivity index (χ3v) is 3.97. The van der Waals surface area contributed by atoms with Gasteiger partial charge in [0.25, 0.3) is 0 Å². The Labute approximate surface area is 111 Å². The Kier molecular flexibility index (Phi) is 4.79. The molecule has 1 saturated heterocycles. The van der Waals surface area contributed by atoms with Gasteiger partial charge in [-0.3, -0.25) is 4.90 Å². The highest BCUT2D eigenvalue weighted by atomic mass is 15.2. The largest absolute Gasteiger partial charge is 0.314 e. The standard InChI is InChI=1S/C16H26N2/c1-13(2)16-6-4-15(5-7-16)8-10-18-11-9-17-12-14(18)3/h4-7,13-14,17H,8-12H2,1-3H3. The van der Waals surface area contributed by atoms with Crippen molar-refractivity contribution in [3.8, 4) is 0 Å². The Hall–Kier alpha value is -0.860. The summed E-state index contributed by atoms with van der Waals surface area (Å²) in [6.45, 7) is 11.4. The van der Waals surface area contributed by atoms with Gasteiger partial charge in [0.05, 0.1) is 0 Å². The van der Waals surface area contributed by atoms with E-state index in [9.17, 15) is 0 Å². The van der Waals surface area contributed by atoms with Crippen LogP contribution in [0.4, 0.5) is 0 Å². The smallest absolute Gasteiger partial charge is 0.0193 e. The van der Waals surface area contributed by atoms with Crippen LogP contribution in [0.25, 0.3) is 0 Å². The molecule has 1 aliphatic heterocycles. The Balaban J connectivity index is 1.85. The van der Waals surface area contributed by atoms with Gasteiger partial charge in [-0.2, -0.15) is 0 Å². The van der Waals surface area contributed by atoms with Crippen molar-refractivity contribution in [2.45, 2.75) is 39.2 Å². The molecular weight excluding hydrogens is 220 g/mol. The molecule has 1 unspecified atom stereocenters. The molecule has 2 heteroatoms. The molecular formula is C16H26N2. The molecule has 0 radical (unpaired) electrons. The number of rotatable bonds is 4. The van der Waals surface area contributed by atoms with Crippen molar-refractivity contribution in [1.29, 1.82) is 0 Å². The Morgan fingerprint density at radius 3 is 2.61 bits per heavy atom. The Morgan fingerprint density at radius 2 is 2.00 bits per heavy atom. The van der Waals surface area contributed by atoms with E-state index in [1.165, 1.54) is 30.6 Å². The number of piperazine rings is 1. The van der Waals surface area contributed by atoms with Gasteiger partial charge in [-0.15, -0.1) is 0 Å². The van der Waals surface area contributed by atoms with E-state index in [0.29, 0.717) is 12.0 Å². The second-order valence-corrected chi connectivity index (χ2v) is 5.74. The summed E-state index contributed by atoms with van der Waals surface area (Å²) in [7, 11) is 0. The van der Waals surface area contributed by atoms with Crippen LogP contribution in [0.15, 0.2) is 24.3 Å². The fraction of sp³-hybridized carbons (Fsp3) is 0.625. The summed E-state index contributed by atoms with van der Waals surface area (Å²) >= 11 is 0. The molecule has 0 spiro atoms. The number of benzene rings is 1. The Bertz CT molecular complexity index is 356. The molecule has 1 atom stereocenters. The van der Waals surface area contributed by atoms with Crippen molar-refractivity contribution >= 4 is 0 Å². The fourth-order valence-electron chi connectivity index (χ4n) is 2.56. The summed E-state index contributed by atoms with van der Waals surface area (Å²) in [5.74, 6) is 0.632. The van der Waals surface area contributed by atoms with Crippen LogP contribution in [0.2, 0.25) is 0 Å². The molecule has 0 saturated carbocycles. The fourth-order valence-corrected chi connectivity index (χ4v) is 2.56. The third kappa shape index (κ3) is 3.56. The SMILES string of the molecule is CC(C)c1ccc(CCN2CCNCC2C)cc1. The molecule has 0 bridgehead atoms. The first-order valence-corrected chi connectivity index (χ1v) is 7.20. The van der Waals surface area contributed by atoms with Gasteiger partial charge in [0.2, 0.25) is 0 Å². The summed E-state index contributed by atoms with van der Waals surface area (Å²) in [5.41, 5.74) is 2.90. The predicted octanol–water partition coefficient (Wildman–Crippen LogP) is 2.65. The molecule has 1 aromatic rings. The molecule has 1 N–H and O–H groups in total. The van der Waals surface area contributed by atoms with E-state index in [1.54, 1.807) is 0 Å². The highest BCUT2D eigenvalue weighted by Crippen LogP contribution is 2.15. The zero-order valence-electron chi connectivity index (χ0n) is 11.9. The van der Waals surface area contributed by atoms with Crippen LogP contribution in [0.5, 0.6) is 0 Å². The van der Waals surface area contributed by atoms with Gasteiger partial charge in [-0.05, 0) is 30.4 Å². The van der Waals surface area contributed by atoms with Gasteiger partial charge in [-0.25, -0.2) is 0 Å². The number of nitrogens with zero attached hydrogens (tertiary/aromatic N) is 1. The Morgan fingerprint density at radius 1 is 1.28 bits per heavy atom. The third-order valence-electron chi connectivity index (χ3n) is 3.97. The van der Waals surface area contributed by atoms with Gasteiger partial charge < -0.3 is 5.32 Å². The van der Waals surface area contributed by atoms with Crippen LogP contribution in [0.3, 0.4) is 0 Å². The maximum Gasteiger partial charge on any atom is 0.0193 e. The maximum atomic E-state index is 3.44. The van der Waals surface area contributed by atoms with Crippen molar-refractivity contribution < 1.29 is 0 Å². The summed E-state index contributed by atoms with van der Waals surface area (Å²) in [5, 5.41) is 3.44. The summed E-state index contributed by atoms with van der Waals surface area (Å²) < 4.78 is 0. The predicted molar refractivity (Wildman–Crippen MR) is 78.1 cm³/mol. The maximum absolute atomic E-state index is 3.44. The molecule has 0 amide bonds. The van der Waals surface area contributed by atoms with Gasteiger partial charge in [-0.1, -0.05) is 38.1 Å². The van der Waals surface area contributed by atoms with Crippen LogP contribution in [0.1, 0.15) is 37.8 Å². The topological polar surface area (TPSA) is 15.3 Å². The van der Waals surface area contributed by atoms with E-state index in [2.05, 4.69) is 55.3 Å². The first-order valence-electron chi connectivity index (χ1n) is 7.20. The highest BCUT2D eigenvalue weighted by Gasteiger charge is 2.16. The van der Waals surface area contributed by atoms with E-state index in [-0.39, 0.29) is 0 Å². The van der Waals surface area contributed by atoms with Crippen molar-refractivity contribution in [2.75, 3.05) is 26.2 Å². The minimum Gasteiger partial charge on any atom is -0.314 e. The van der Waals surface area contributed by atoms with E-state index >= 15 is 0 Å². The second kappa shape index (κ2) is 6.35. The minimum absolute atomic E-state index is 0.632. The van der Waals surface area contributed by atoms with E-state index in [0.717, 1.165) is 13.1 Å². The zero-order valence-corrected chi connectivity index (χ0v) is 11.9. The van der Waals surface area contributed by atoms with Gasteiger partial charge in [0.1, 0.15) is 0 Å². The van der Waals surface area contributed by atoms with E-state index in [4.69, 9.17) is 0 Å². The molecule has 2 rings (SSSR count). The van der Waals surface area contributed by atoms with Crippen molar-refractivity contribution in [1.82, 2.24) is 10.2 Å². The average Bonchev–Trinajstić information content (AvgIpc) is 2.38. The van der Waals surface area contributed by atoms with Gasteiger partial charge >= 0.3 is 0 Å². The zero-order chi connectivity index (χ0) is 13.0. The first kappa shape index (κ1) is 13.6. The van der Waals surface area contributed by atoms with E-state index < -0.39 is 0 Å². The van der Waals surface area contributed by atoms with Crippen LogP contribution in [-0.4, -0.2) is 37.1 Å². The molecule has 1 aliphatic rings. The van der Waals surface area contributed by atoms with Crippen molar-refractivity contribution in [3.63, 3.8) is 0 Å². The highest BCUT2D eigenvalue weighted by molar-refractivity contribution is 5.24. The molecule has 1 aromatic carbocycles. The van der Waals surface area contributed by atoms with E-state index in [1.807, 2.05) is 0 Å². The molecule has 18 heavy (non-hydrogen) atoms. The molecule has 100 valence electrons. The number of hydrogen-bond donors (Lipinski definition) is 1. The van der Waals surface area contributed by atoms with Crippen molar-refractivity contribution in [3.05, 3.63) is 35.4 Å². The van der Waals surface area contributed by atoms with Crippen molar-refractivity contribution in [2.24, 2.45) is 0 Å². The van der Waals surface area contributed by atoms with Crippen LogP contribution < -0.4 is 5.32 Å². The lowest BCUT2D eigenvalue weighted by Gasteiger charge is -2.33. The van der Waals surface area contributed by atoms with Gasteiger partial charge in [0, 0.05) is 32.2 Å². The lowest BCUT2D eigenvalue weighted by molar-refractivity contribution is 0.176. The number of nitrogens with one attached hydrogen (secondary N) is 1. The first-order chi connectivity index (χ1) is 8.66. The average molecular weight is 246 g/mol. The lowest BCUT2D eigenvalue weighted by atomic mass is 10.0. The molecule has 2 nitrogen and oxygen atoms in total. The second-order valence-electron chi connectivity index (χ2n) is 5.74. The molecule has 0 aliphatic carbocycles. The summed E-state index contributed by atoms with van der Waals surface area (Å²) in [6.07, 6.45) is 1.17. The monoisotopic (exact) mass is 246 g/mol. The summed E-state index contributed by atoms with van der Waals surface area (Å²) in [6, 6.07) is 9.82. The number of hydrogen-bond acceptors (Lipinski definition) is 2. The molecule has 0 aromatic heterocycles.